The van der Waals surface area contributed by atoms with Crippen molar-refractivity contribution in [3.63, 3.8) is 0 Å². The van der Waals surface area contributed by atoms with E-state index >= 15 is 0 Å². The molecule has 1 heterocycles. The van der Waals surface area contributed by atoms with Gasteiger partial charge in [-0.25, -0.2) is 0 Å². The second-order valence-corrected chi connectivity index (χ2v) is 10.2. The van der Waals surface area contributed by atoms with Crippen molar-refractivity contribution in [2.24, 2.45) is 5.92 Å². The molecule has 1 aromatic rings. The molecule has 31 heavy (non-hydrogen) atoms. The van der Waals surface area contributed by atoms with Crippen LogP contribution in [-0.4, -0.2) is 47.5 Å². The Morgan fingerprint density at radius 2 is 1.77 bits per heavy atom. The van der Waals surface area contributed by atoms with E-state index in [1.165, 1.54) is 25.7 Å². The molecule has 1 saturated carbocycles. The monoisotopic (exact) mass is 429 g/mol. The van der Waals surface area contributed by atoms with E-state index in [0.29, 0.717) is 11.6 Å². The van der Waals surface area contributed by atoms with Crippen LogP contribution in [0.1, 0.15) is 89.2 Å². The third-order valence-corrected chi connectivity index (χ3v) is 7.68. The van der Waals surface area contributed by atoms with Gasteiger partial charge in [-0.3, -0.25) is 4.90 Å². The van der Waals surface area contributed by atoms with E-state index in [2.05, 4.69) is 32.3 Å². The van der Waals surface area contributed by atoms with Crippen molar-refractivity contribution in [1.82, 2.24) is 4.90 Å². The summed E-state index contributed by atoms with van der Waals surface area (Å²) in [5.41, 5.74) is 1.67. The molecule has 1 aliphatic carbocycles. The molecule has 3 unspecified atom stereocenters. The average molecular weight is 430 g/mol. The van der Waals surface area contributed by atoms with Crippen molar-refractivity contribution in [3.05, 3.63) is 35.9 Å². The normalized spacial score (nSPS) is 25.5. The van der Waals surface area contributed by atoms with Gasteiger partial charge in [-0.05, 0) is 60.6 Å². The Hall–Kier alpha value is -1.52. The van der Waals surface area contributed by atoms with Crippen LogP contribution in [0, 0.1) is 5.92 Å². The zero-order valence-electron chi connectivity index (χ0n) is 19.9. The Morgan fingerprint density at radius 3 is 2.39 bits per heavy atom. The maximum atomic E-state index is 11.1. The molecule has 4 nitrogen and oxygen atoms in total. The molecule has 1 saturated heterocycles. The average Bonchev–Trinajstić information content (AvgIpc) is 2.77. The third kappa shape index (κ3) is 5.84. The highest BCUT2D eigenvalue weighted by atomic mass is 16.5. The number of phenols is 2. The van der Waals surface area contributed by atoms with Gasteiger partial charge >= 0.3 is 0 Å². The fourth-order valence-corrected chi connectivity index (χ4v) is 5.59. The predicted molar refractivity (Wildman–Crippen MR) is 128 cm³/mol. The summed E-state index contributed by atoms with van der Waals surface area (Å²) >= 11 is 0. The van der Waals surface area contributed by atoms with E-state index in [9.17, 15) is 10.2 Å². The Morgan fingerprint density at radius 1 is 1.10 bits per heavy atom. The quantitative estimate of drug-likeness (QED) is 0.367. The van der Waals surface area contributed by atoms with Gasteiger partial charge in [0.05, 0.1) is 13.2 Å². The molecule has 3 atom stereocenters. The van der Waals surface area contributed by atoms with Crippen LogP contribution in [0.15, 0.2) is 24.8 Å². The zero-order valence-corrected chi connectivity index (χ0v) is 19.9. The Bertz CT molecular complexity index is 700. The van der Waals surface area contributed by atoms with Gasteiger partial charge in [0, 0.05) is 24.7 Å². The summed E-state index contributed by atoms with van der Waals surface area (Å²) in [5, 5.41) is 22.2. The van der Waals surface area contributed by atoms with Crippen LogP contribution >= 0.6 is 0 Å². The fourth-order valence-electron chi connectivity index (χ4n) is 5.59. The first-order chi connectivity index (χ1) is 14.9. The number of unbranched alkanes of at least 4 members (excludes halogenated alkanes) is 3. The SMILES string of the molecule is C=CC1CCC(N2CCOCC2)CC1c1c(O)cc(C(C)(C)CCCCCC)cc1O. The number of allylic oxidation sites excluding steroid dienone is 1. The number of aromatic hydroxyl groups is 2. The van der Waals surface area contributed by atoms with Crippen molar-refractivity contribution in [2.45, 2.75) is 89.5 Å². The zero-order chi connectivity index (χ0) is 22.4. The minimum absolute atomic E-state index is 0.0675. The van der Waals surface area contributed by atoms with Crippen molar-refractivity contribution in [3.8, 4) is 11.5 Å². The van der Waals surface area contributed by atoms with Gasteiger partial charge in [0.25, 0.3) is 0 Å². The Kier molecular flexibility index (Phi) is 8.46. The second kappa shape index (κ2) is 10.9. The summed E-state index contributed by atoms with van der Waals surface area (Å²) in [7, 11) is 0. The van der Waals surface area contributed by atoms with Gasteiger partial charge < -0.3 is 14.9 Å². The Balaban J connectivity index is 1.80. The van der Waals surface area contributed by atoms with Crippen LogP contribution in [0.25, 0.3) is 0 Å². The molecule has 2 aliphatic rings. The number of rotatable bonds is 9. The maximum Gasteiger partial charge on any atom is 0.123 e. The molecular formula is C27H43NO3. The highest BCUT2D eigenvalue weighted by molar-refractivity contribution is 5.51. The van der Waals surface area contributed by atoms with E-state index in [0.717, 1.165) is 57.6 Å². The van der Waals surface area contributed by atoms with E-state index < -0.39 is 0 Å². The molecule has 3 rings (SSSR count). The summed E-state index contributed by atoms with van der Waals surface area (Å²) in [6.07, 6.45) is 11.1. The Labute approximate surface area is 189 Å². The van der Waals surface area contributed by atoms with Crippen LogP contribution in [0.2, 0.25) is 0 Å². The van der Waals surface area contributed by atoms with Crippen LogP contribution in [-0.2, 0) is 10.2 Å². The fraction of sp³-hybridized carbons (Fsp3) is 0.704. The van der Waals surface area contributed by atoms with Gasteiger partial charge in [-0.2, -0.15) is 0 Å². The number of morpholine rings is 1. The number of hydrogen-bond acceptors (Lipinski definition) is 4. The van der Waals surface area contributed by atoms with Crippen molar-refractivity contribution in [2.75, 3.05) is 26.3 Å². The first-order valence-electron chi connectivity index (χ1n) is 12.4. The van der Waals surface area contributed by atoms with E-state index in [4.69, 9.17) is 4.74 Å². The van der Waals surface area contributed by atoms with Gasteiger partial charge in [0.2, 0.25) is 0 Å². The summed E-state index contributed by atoms with van der Waals surface area (Å²) in [6.45, 7) is 14.3. The number of phenolic OH excluding ortho intramolecular Hbond substituents is 2. The molecule has 0 aromatic heterocycles. The van der Waals surface area contributed by atoms with Crippen LogP contribution in [0.4, 0.5) is 0 Å². The minimum Gasteiger partial charge on any atom is -0.508 e. The summed E-state index contributed by atoms with van der Waals surface area (Å²) in [4.78, 5) is 2.53. The molecule has 1 aromatic carbocycles. The summed E-state index contributed by atoms with van der Waals surface area (Å²) in [5.74, 6) is 0.870. The number of benzene rings is 1. The van der Waals surface area contributed by atoms with Crippen molar-refractivity contribution in [1.29, 1.82) is 0 Å². The molecule has 1 aliphatic heterocycles. The van der Waals surface area contributed by atoms with Crippen LogP contribution in [0.5, 0.6) is 11.5 Å². The molecular weight excluding hydrogens is 386 g/mol. The lowest BCUT2D eigenvalue weighted by Gasteiger charge is -2.42. The number of ether oxygens (including phenoxy) is 1. The largest absolute Gasteiger partial charge is 0.508 e. The molecule has 174 valence electrons. The first-order valence-corrected chi connectivity index (χ1v) is 12.4. The summed E-state index contributed by atoms with van der Waals surface area (Å²) < 4.78 is 5.53. The number of nitrogens with zero attached hydrogens (tertiary/aromatic N) is 1. The van der Waals surface area contributed by atoms with Gasteiger partial charge in [0.15, 0.2) is 0 Å². The van der Waals surface area contributed by atoms with E-state index in [1.54, 1.807) is 0 Å². The van der Waals surface area contributed by atoms with Gasteiger partial charge in [-0.1, -0.05) is 52.5 Å². The minimum atomic E-state index is -0.0675. The second-order valence-electron chi connectivity index (χ2n) is 10.2. The molecule has 0 amide bonds. The lowest BCUT2D eigenvalue weighted by Crippen LogP contribution is -2.46. The molecule has 4 heteroatoms. The van der Waals surface area contributed by atoms with E-state index in [1.807, 2.05) is 18.2 Å². The lowest BCUT2D eigenvalue weighted by atomic mass is 9.71. The highest BCUT2D eigenvalue weighted by Gasteiger charge is 2.36. The van der Waals surface area contributed by atoms with E-state index in [-0.39, 0.29) is 28.7 Å². The third-order valence-electron chi connectivity index (χ3n) is 7.68. The van der Waals surface area contributed by atoms with Crippen LogP contribution in [0.3, 0.4) is 0 Å². The molecule has 0 radical (unpaired) electrons. The predicted octanol–water partition coefficient (Wildman–Crippen LogP) is 6.12. The maximum absolute atomic E-state index is 11.1. The standard InChI is InChI=1S/C27H43NO3/c1-5-7-8-9-12-27(3,4)21-17-24(29)26(25(30)18-21)23-19-22(11-10-20(23)6-2)28-13-15-31-16-14-28/h6,17-18,20,22-23,29-30H,2,5,7-16,19H2,1,3-4H3. The van der Waals surface area contributed by atoms with Crippen molar-refractivity contribution < 1.29 is 14.9 Å². The smallest absolute Gasteiger partial charge is 0.123 e. The van der Waals surface area contributed by atoms with Gasteiger partial charge in [-0.15, -0.1) is 6.58 Å². The highest BCUT2D eigenvalue weighted by Crippen LogP contribution is 2.48. The molecule has 2 fully saturated rings. The first kappa shape index (κ1) is 24.1. The molecule has 0 bridgehead atoms. The van der Waals surface area contributed by atoms with Crippen LogP contribution < -0.4 is 0 Å². The molecule has 0 spiro atoms. The van der Waals surface area contributed by atoms with Crippen molar-refractivity contribution >= 4 is 0 Å². The lowest BCUT2D eigenvalue weighted by molar-refractivity contribution is 0.00366. The number of hydrogen-bond donors (Lipinski definition) is 2. The van der Waals surface area contributed by atoms with Gasteiger partial charge in [0.1, 0.15) is 11.5 Å². The summed E-state index contributed by atoms with van der Waals surface area (Å²) in [6, 6.07) is 4.29. The molecule has 2 N–H and O–H groups in total. The topological polar surface area (TPSA) is 52.9 Å².